The fraction of sp³-hybridized carbons (Fsp3) is 0.105. The number of hydrogen-bond donors (Lipinski definition) is 0. The van der Waals surface area contributed by atoms with Gasteiger partial charge in [0.2, 0.25) is 0 Å². The van der Waals surface area contributed by atoms with Crippen molar-refractivity contribution in [2.75, 3.05) is 0 Å². The first-order chi connectivity index (χ1) is 10.7. The average Bonchev–Trinajstić information content (AvgIpc) is 3.09. The van der Waals surface area contributed by atoms with Crippen LogP contribution in [0.2, 0.25) is 0 Å². The Labute approximate surface area is 128 Å². The number of aryl methyl sites for hydroxylation is 2. The zero-order valence-electron chi connectivity index (χ0n) is 12.6. The fourth-order valence-corrected chi connectivity index (χ4v) is 2.93. The number of nitrogens with zero attached hydrogens (tertiary/aromatic N) is 2. The summed E-state index contributed by atoms with van der Waals surface area (Å²) in [5.74, 6) is 1.51. The maximum absolute atomic E-state index is 5.89. The van der Waals surface area contributed by atoms with Crippen molar-refractivity contribution in [3.63, 3.8) is 0 Å². The largest absolute Gasteiger partial charge is 0.440 e. The molecule has 0 saturated heterocycles. The lowest BCUT2D eigenvalue weighted by atomic mass is 10.1. The number of aromatic nitrogens is 2. The smallest absolute Gasteiger partial charge is 0.192 e. The molecule has 0 N–H and O–H groups in total. The van der Waals surface area contributed by atoms with Gasteiger partial charge in [0.1, 0.15) is 5.69 Å². The lowest BCUT2D eigenvalue weighted by Gasteiger charge is -2.00. The maximum atomic E-state index is 5.89. The summed E-state index contributed by atoms with van der Waals surface area (Å²) < 4.78 is 8.02. The molecule has 3 heteroatoms. The van der Waals surface area contributed by atoms with Crippen molar-refractivity contribution in [3.05, 3.63) is 66.7 Å². The molecule has 0 fully saturated rings. The zero-order chi connectivity index (χ0) is 15.1. The van der Waals surface area contributed by atoms with Gasteiger partial charge in [0.15, 0.2) is 11.7 Å². The summed E-state index contributed by atoms with van der Waals surface area (Å²) in [6.45, 7) is 1.89. The minimum atomic E-state index is 0.682. The second-order valence-corrected chi connectivity index (χ2v) is 5.45. The SMILES string of the molecule is Cc1nc(-c2cn(C)c3ccccc23)c(-c2ccccc2)o1. The van der Waals surface area contributed by atoms with Crippen LogP contribution < -0.4 is 0 Å². The molecular weight excluding hydrogens is 272 g/mol. The van der Waals surface area contributed by atoms with Crippen LogP contribution in [0.5, 0.6) is 0 Å². The van der Waals surface area contributed by atoms with Crippen LogP contribution in [-0.2, 0) is 7.05 Å². The minimum Gasteiger partial charge on any atom is -0.440 e. The third-order valence-electron chi connectivity index (χ3n) is 3.92. The highest BCUT2D eigenvalue weighted by molar-refractivity contribution is 5.97. The Hall–Kier alpha value is -2.81. The number of fused-ring (bicyclic) bond motifs is 1. The molecule has 0 aliphatic heterocycles. The van der Waals surface area contributed by atoms with Gasteiger partial charge in [0.05, 0.1) is 0 Å². The molecule has 2 heterocycles. The van der Waals surface area contributed by atoms with Gasteiger partial charge in [-0.1, -0.05) is 48.5 Å². The summed E-state index contributed by atoms with van der Waals surface area (Å²) in [6, 6.07) is 18.5. The van der Waals surface area contributed by atoms with Gasteiger partial charge in [-0.05, 0) is 6.07 Å². The van der Waals surface area contributed by atoms with E-state index in [1.165, 1.54) is 10.9 Å². The third-order valence-corrected chi connectivity index (χ3v) is 3.92. The lowest BCUT2D eigenvalue weighted by Crippen LogP contribution is -1.82. The molecule has 108 valence electrons. The molecule has 22 heavy (non-hydrogen) atoms. The van der Waals surface area contributed by atoms with Crippen molar-refractivity contribution in [2.45, 2.75) is 6.92 Å². The van der Waals surface area contributed by atoms with Crippen LogP contribution in [-0.4, -0.2) is 9.55 Å². The summed E-state index contributed by atoms with van der Waals surface area (Å²) in [4.78, 5) is 4.64. The van der Waals surface area contributed by atoms with Gasteiger partial charge >= 0.3 is 0 Å². The average molecular weight is 288 g/mol. The van der Waals surface area contributed by atoms with E-state index in [0.29, 0.717) is 5.89 Å². The van der Waals surface area contributed by atoms with Crippen molar-refractivity contribution >= 4 is 10.9 Å². The van der Waals surface area contributed by atoms with E-state index in [1.807, 2.05) is 25.1 Å². The molecule has 3 nitrogen and oxygen atoms in total. The first-order valence-corrected chi connectivity index (χ1v) is 7.31. The van der Waals surface area contributed by atoms with E-state index in [4.69, 9.17) is 4.42 Å². The summed E-state index contributed by atoms with van der Waals surface area (Å²) in [6.07, 6.45) is 2.12. The highest BCUT2D eigenvalue weighted by Crippen LogP contribution is 2.36. The van der Waals surface area contributed by atoms with E-state index >= 15 is 0 Å². The fourth-order valence-electron chi connectivity index (χ4n) is 2.93. The van der Waals surface area contributed by atoms with Crippen LogP contribution in [0.3, 0.4) is 0 Å². The molecule has 0 aliphatic rings. The summed E-state index contributed by atoms with van der Waals surface area (Å²) >= 11 is 0. The summed E-state index contributed by atoms with van der Waals surface area (Å²) in [5, 5.41) is 1.19. The van der Waals surface area contributed by atoms with Crippen molar-refractivity contribution in [3.8, 4) is 22.6 Å². The molecule has 2 aromatic carbocycles. The molecule has 2 aromatic heterocycles. The quantitative estimate of drug-likeness (QED) is 0.530. The van der Waals surface area contributed by atoms with Crippen molar-refractivity contribution in [1.29, 1.82) is 0 Å². The van der Waals surface area contributed by atoms with E-state index in [2.05, 4.69) is 59.2 Å². The van der Waals surface area contributed by atoms with E-state index in [0.717, 1.165) is 22.6 Å². The third kappa shape index (κ3) is 1.94. The van der Waals surface area contributed by atoms with E-state index < -0.39 is 0 Å². The minimum absolute atomic E-state index is 0.682. The molecule has 0 aliphatic carbocycles. The second-order valence-electron chi connectivity index (χ2n) is 5.45. The van der Waals surface area contributed by atoms with Crippen LogP contribution in [0.1, 0.15) is 5.89 Å². The monoisotopic (exact) mass is 288 g/mol. The van der Waals surface area contributed by atoms with Crippen molar-refractivity contribution in [1.82, 2.24) is 9.55 Å². The molecular formula is C19H16N2O. The van der Waals surface area contributed by atoms with Gasteiger partial charge in [-0.15, -0.1) is 0 Å². The number of rotatable bonds is 2. The first-order valence-electron chi connectivity index (χ1n) is 7.31. The van der Waals surface area contributed by atoms with E-state index in [9.17, 15) is 0 Å². The normalized spacial score (nSPS) is 11.2. The maximum Gasteiger partial charge on any atom is 0.192 e. The predicted molar refractivity (Wildman–Crippen MR) is 88.6 cm³/mol. The van der Waals surface area contributed by atoms with Crippen LogP contribution in [0.4, 0.5) is 0 Å². The Morgan fingerprint density at radius 1 is 0.955 bits per heavy atom. The van der Waals surface area contributed by atoms with Gasteiger partial charge in [-0.3, -0.25) is 0 Å². The molecule has 0 spiro atoms. The zero-order valence-corrected chi connectivity index (χ0v) is 12.6. The van der Waals surface area contributed by atoms with Crippen molar-refractivity contribution < 1.29 is 4.42 Å². The van der Waals surface area contributed by atoms with Gasteiger partial charge in [-0.25, -0.2) is 4.98 Å². The Bertz CT molecular complexity index is 948. The molecule has 0 amide bonds. The topological polar surface area (TPSA) is 31.0 Å². The van der Waals surface area contributed by atoms with Crippen molar-refractivity contribution in [2.24, 2.45) is 7.05 Å². The highest BCUT2D eigenvalue weighted by atomic mass is 16.4. The number of benzene rings is 2. The second kappa shape index (κ2) is 4.88. The Morgan fingerprint density at radius 2 is 1.68 bits per heavy atom. The molecule has 0 bridgehead atoms. The Balaban J connectivity index is 2.00. The molecule has 4 rings (SSSR count). The van der Waals surface area contributed by atoms with Crippen LogP contribution >= 0.6 is 0 Å². The first kappa shape index (κ1) is 12.9. The van der Waals surface area contributed by atoms with E-state index in [-0.39, 0.29) is 0 Å². The summed E-state index contributed by atoms with van der Waals surface area (Å²) in [5.41, 5.74) is 4.25. The molecule has 0 unspecified atom stereocenters. The molecule has 0 atom stereocenters. The van der Waals surface area contributed by atoms with Crippen LogP contribution in [0.15, 0.2) is 65.2 Å². The molecule has 0 radical (unpaired) electrons. The standard InChI is InChI=1S/C19H16N2O/c1-13-20-18(19(22-13)14-8-4-3-5-9-14)16-12-21(2)17-11-7-6-10-15(16)17/h3-12H,1-2H3. The molecule has 4 aromatic rings. The Kier molecular flexibility index (Phi) is 2.86. The number of hydrogen-bond acceptors (Lipinski definition) is 2. The van der Waals surface area contributed by atoms with E-state index in [1.54, 1.807) is 0 Å². The van der Waals surface area contributed by atoms with Gasteiger partial charge in [0.25, 0.3) is 0 Å². The Morgan fingerprint density at radius 3 is 2.50 bits per heavy atom. The number of para-hydroxylation sites is 1. The van der Waals surface area contributed by atoms with Crippen LogP contribution in [0.25, 0.3) is 33.5 Å². The molecule has 0 saturated carbocycles. The predicted octanol–water partition coefficient (Wildman–Crippen LogP) is 4.81. The number of oxazole rings is 1. The van der Waals surface area contributed by atoms with Crippen LogP contribution in [0, 0.1) is 6.92 Å². The lowest BCUT2D eigenvalue weighted by molar-refractivity contribution is 0.534. The highest BCUT2D eigenvalue weighted by Gasteiger charge is 2.18. The van der Waals surface area contributed by atoms with Gasteiger partial charge < -0.3 is 8.98 Å². The summed E-state index contributed by atoms with van der Waals surface area (Å²) in [7, 11) is 2.06. The van der Waals surface area contributed by atoms with Gasteiger partial charge in [-0.2, -0.15) is 0 Å². The van der Waals surface area contributed by atoms with Gasteiger partial charge in [0, 0.05) is 42.2 Å².